The van der Waals surface area contributed by atoms with Crippen molar-refractivity contribution in [3.05, 3.63) is 29.0 Å². The average Bonchev–Trinajstić information content (AvgIpc) is 3.07. The fourth-order valence-electron chi connectivity index (χ4n) is 2.32. The van der Waals surface area contributed by atoms with E-state index in [-0.39, 0.29) is 18.5 Å². The van der Waals surface area contributed by atoms with Gasteiger partial charge in [0.05, 0.1) is 16.9 Å². The van der Waals surface area contributed by atoms with Crippen LogP contribution in [-0.4, -0.2) is 22.2 Å². The number of hydrogen-bond donors (Lipinski definition) is 1. The molecule has 2 rings (SSSR count). The number of rotatable bonds is 4. The van der Waals surface area contributed by atoms with E-state index in [0.29, 0.717) is 5.02 Å². The van der Waals surface area contributed by atoms with Crippen LogP contribution in [0.1, 0.15) is 30.9 Å². The molecule has 0 amide bonds. The van der Waals surface area contributed by atoms with E-state index in [2.05, 4.69) is 4.98 Å². The summed E-state index contributed by atoms with van der Waals surface area (Å²) >= 11 is 5.64. The lowest BCUT2D eigenvalue weighted by Crippen LogP contribution is -2.32. The SMILES string of the molecule is O=C(O)CC(c1ccc(Cl)cn1)C1(C(F)(F)F)CC1. The number of nitrogens with zero attached hydrogens (tertiary/aromatic N) is 1. The number of pyridine rings is 1. The predicted octanol–water partition coefficient (Wildman–Crippen LogP) is 3.64. The minimum Gasteiger partial charge on any atom is -0.481 e. The van der Waals surface area contributed by atoms with Gasteiger partial charge in [-0.15, -0.1) is 0 Å². The molecule has 0 saturated heterocycles. The van der Waals surface area contributed by atoms with Crippen LogP contribution in [0.4, 0.5) is 13.2 Å². The van der Waals surface area contributed by atoms with Crippen LogP contribution in [0.3, 0.4) is 0 Å². The molecule has 3 nitrogen and oxygen atoms in total. The number of carboxylic acids is 1. The summed E-state index contributed by atoms with van der Waals surface area (Å²) in [5.74, 6) is -2.43. The number of carboxylic acid groups (broad SMARTS) is 1. The van der Waals surface area contributed by atoms with Crippen LogP contribution in [-0.2, 0) is 4.79 Å². The molecule has 1 aliphatic rings. The van der Waals surface area contributed by atoms with Gasteiger partial charge in [-0.3, -0.25) is 9.78 Å². The molecular weight excluding hydrogens is 283 g/mol. The third kappa shape index (κ3) is 2.68. The van der Waals surface area contributed by atoms with Crippen LogP contribution in [0, 0.1) is 5.41 Å². The fraction of sp³-hybridized carbons (Fsp3) is 0.500. The number of carbonyl (C=O) groups is 1. The molecule has 0 bridgehead atoms. The Balaban J connectivity index is 2.37. The largest absolute Gasteiger partial charge is 0.481 e. The number of aromatic nitrogens is 1. The van der Waals surface area contributed by atoms with Gasteiger partial charge in [0, 0.05) is 17.8 Å². The van der Waals surface area contributed by atoms with Crippen molar-refractivity contribution >= 4 is 17.6 Å². The number of aliphatic carboxylic acids is 1. The fourth-order valence-corrected chi connectivity index (χ4v) is 2.43. The Labute approximate surface area is 112 Å². The van der Waals surface area contributed by atoms with E-state index in [9.17, 15) is 18.0 Å². The van der Waals surface area contributed by atoms with Crippen molar-refractivity contribution in [2.45, 2.75) is 31.4 Å². The lowest BCUT2D eigenvalue weighted by Gasteiger charge is -2.27. The first kappa shape index (κ1) is 14.1. The zero-order valence-corrected chi connectivity index (χ0v) is 10.5. The quantitative estimate of drug-likeness (QED) is 0.922. The van der Waals surface area contributed by atoms with Crippen molar-refractivity contribution in [2.75, 3.05) is 0 Å². The second kappa shape index (κ2) is 4.67. The normalized spacial score (nSPS) is 18.9. The zero-order valence-electron chi connectivity index (χ0n) is 9.75. The predicted molar refractivity (Wildman–Crippen MR) is 62.0 cm³/mol. The van der Waals surface area contributed by atoms with Crippen LogP contribution in [0.5, 0.6) is 0 Å². The van der Waals surface area contributed by atoms with Gasteiger partial charge >= 0.3 is 12.1 Å². The summed E-state index contributed by atoms with van der Waals surface area (Å²) in [5.41, 5.74) is -1.83. The van der Waals surface area contributed by atoms with Crippen LogP contribution in [0.2, 0.25) is 5.02 Å². The highest BCUT2D eigenvalue weighted by molar-refractivity contribution is 6.30. The second-order valence-corrected chi connectivity index (χ2v) is 5.14. The Hall–Kier alpha value is -1.30. The highest BCUT2D eigenvalue weighted by atomic mass is 35.5. The molecule has 104 valence electrons. The Morgan fingerprint density at radius 1 is 1.47 bits per heavy atom. The Bertz CT molecular complexity index is 483. The van der Waals surface area contributed by atoms with E-state index in [0.717, 1.165) is 0 Å². The molecule has 1 atom stereocenters. The maximum atomic E-state index is 13.1. The summed E-state index contributed by atoms with van der Waals surface area (Å²) in [6.45, 7) is 0. The van der Waals surface area contributed by atoms with Gasteiger partial charge in [-0.1, -0.05) is 11.6 Å². The number of hydrogen-bond acceptors (Lipinski definition) is 2. The highest BCUT2D eigenvalue weighted by Crippen LogP contribution is 2.65. The van der Waals surface area contributed by atoms with Gasteiger partial charge in [0.2, 0.25) is 0 Å². The molecule has 1 aromatic heterocycles. The highest BCUT2D eigenvalue weighted by Gasteiger charge is 2.67. The molecule has 1 unspecified atom stereocenters. The summed E-state index contributed by atoms with van der Waals surface area (Å²) in [4.78, 5) is 14.7. The minimum absolute atomic E-state index is 0.0568. The van der Waals surface area contributed by atoms with E-state index in [1.165, 1.54) is 18.3 Å². The van der Waals surface area contributed by atoms with Crippen molar-refractivity contribution in [1.82, 2.24) is 4.98 Å². The molecule has 7 heteroatoms. The lowest BCUT2D eigenvalue weighted by molar-refractivity contribution is -0.195. The van der Waals surface area contributed by atoms with Crippen LogP contribution in [0.15, 0.2) is 18.3 Å². The first-order valence-electron chi connectivity index (χ1n) is 5.66. The molecule has 0 spiro atoms. The molecule has 19 heavy (non-hydrogen) atoms. The molecule has 1 aromatic rings. The first-order valence-corrected chi connectivity index (χ1v) is 6.04. The molecule has 0 aromatic carbocycles. The summed E-state index contributed by atoms with van der Waals surface area (Å²) < 4.78 is 39.3. The third-order valence-corrected chi connectivity index (χ3v) is 3.73. The minimum atomic E-state index is -4.42. The lowest BCUT2D eigenvalue weighted by atomic mass is 9.82. The molecule has 1 N–H and O–H groups in total. The smallest absolute Gasteiger partial charge is 0.395 e. The summed E-state index contributed by atoms with van der Waals surface area (Å²) in [6.07, 6.45) is -3.89. The standard InChI is InChI=1S/C12H11ClF3NO2/c13-7-1-2-9(17-6-7)8(5-10(18)19)11(3-4-11)12(14,15)16/h1-2,6,8H,3-5H2,(H,18,19). The van der Waals surface area contributed by atoms with Crippen molar-refractivity contribution in [3.63, 3.8) is 0 Å². The molecule has 1 heterocycles. The van der Waals surface area contributed by atoms with Gasteiger partial charge in [-0.25, -0.2) is 0 Å². The maximum Gasteiger partial charge on any atom is 0.395 e. The first-order chi connectivity index (χ1) is 8.76. The summed E-state index contributed by atoms with van der Waals surface area (Å²) in [7, 11) is 0. The third-order valence-electron chi connectivity index (χ3n) is 3.51. The second-order valence-electron chi connectivity index (χ2n) is 4.71. The molecular formula is C12H11ClF3NO2. The number of halogens is 4. The van der Waals surface area contributed by atoms with Crippen molar-refractivity contribution in [2.24, 2.45) is 5.41 Å². The van der Waals surface area contributed by atoms with Crippen molar-refractivity contribution in [1.29, 1.82) is 0 Å². The van der Waals surface area contributed by atoms with Crippen LogP contribution in [0.25, 0.3) is 0 Å². The van der Waals surface area contributed by atoms with E-state index in [1.807, 2.05) is 0 Å². The van der Waals surface area contributed by atoms with Gasteiger partial charge < -0.3 is 5.11 Å². The van der Waals surface area contributed by atoms with E-state index >= 15 is 0 Å². The Kier molecular flexibility index (Phi) is 3.47. The topological polar surface area (TPSA) is 50.2 Å². The van der Waals surface area contributed by atoms with E-state index < -0.39 is 29.9 Å². The van der Waals surface area contributed by atoms with Gasteiger partial charge in [-0.05, 0) is 25.0 Å². The molecule has 1 aliphatic carbocycles. The Morgan fingerprint density at radius 3 is 2.47 bits per heavy atom. The Morgan fingerprint density at radius 2 is 2.11 bits per heavy atom. The summed E-state index contributed by atoms with van der Waals surface area (Å²) in [6, 6.07) is 2.78. The van der Waals surface area contributed by atoms with Gasteiger partial charge in [0.25, 0.3) is 0 Å². The molecule has 0 radical (unpaired) electrons. The average molecular weight is 294 g/mol. The zero-order chi connectivity index (χ0) is 14.3. The maximum absolute atomic E-state index is 13.1. The van der Waals surface area contributed by atoms with E-state index in [1.54, 1.807) is 0 Å². The van der Waals surface area contributed by atoms with Gasteiger partial charge in [0.1, 0.15) is 0 Å². The van der Waals surface area contributed by atoms with Crippen molar-refractivity contribution in [3.8, 4) is 0 Å². The van der Waals surface area contributed by atoms with Crippen LogP contribution >= 0.6 is 11.6 Å². The van der Waals surface area contributed by atoms with Gasteiger partial charge in [-0.2, -0.15) is 13.2 Å². The van der Waals surface area contributed by atoms with Crippen molar-refractivity contribution < 1.29 is 23.1 Å². The number of alkyl halides is 3. The summed E-state index contributed by atoms with van der Waals surface area (Å²) in [5, 5.41) is 9.14. The monoisotopic (exact) mass is 293 g/mol. The molecule has 0 aliphatic heterocycles. The van der Waals surface area contributed by atoms with Gasteiger partial charge in [0.15, 0.2) is 0 Å². The molecule has 1 saturated carbocycles. The van der Waals surface area contributed by atoms with Crippen LogP contribution < -0.4 is 0 Å². The van der Waals surface area contributed by atoms with E-state index in [4.69, 9.17) is 16.7 Å². The molecule has 1 fully saturated rings.